The molecule has 2 aliphatic rings. The van der Waals surface area contributed by atoms with Crippen molar-refractivity contribution in [2.24, 2.45) is 4.99 Å². The lowest BCUT2D eigenvalue weighted by Crippen LogP contribution is -2.38. The minimum atomic E-state index is -0.474. The number of benzene rings is 1. The molecule has 0 saturated carbocycles. The van der Waals surface area contributed by atoms with Gasteiger partial charge in [0.15, 0.2) is 23.2 Å². The number of hydrogen-bond acceptors (Lipinski definition) is 5. The number of hydroxylamine groups is 2. The quantitative estimate of drug-likeness (QED) is 0.833. The molecule has 0 fully saturated rings. The summed E-state index contributed by atoms with van der Waals surface area (Å²) in [4.78, 5) is 21.6. The average Bonchev–Trinajstić information content (AvgIpc) is 2.94. The van der Waals surface area contributed by atoms with E-state index < -0.39 is 5.91 Å². The van der Waals surface area contributed by atoms with E-state index in [1.165, 1.54) is 5.06 Å². The molecule has 3 rings (SSSR count). The van der Waals surface area contributed by atoms with E-state index in [1.54, 1.807) is 37.3 Å². The molecule has 2 aliphatic heterocycles. The molecule has 0 aromatic heterocycles. The van der Waals surface area contributed by atoms with Crippen LogP contribution in [0.4, 0.5) is 0 Å². The Kier molecular flexibility index (Phi) is 4.56. The van der Waals surface area contributed by atoms with E-state index in [1.807, 2.05) is 13.8 Å². The summed E-state index contributed by atoms with van der Waals surface area (Å²) < 4.78 is 11.1. The fourth-order valence-electron chi connectivity index (χ4n) is 2.52. The Bertz CT molecular complexity index is 824. The number of amidine groups is 2. The molecule has 1 aromatic rings. The lowest BCUT2D eigenvalue weighted by atomic mass is 10.1. The van der Waals surface area contributed by atoms with Crippen LogP contribution in [0.3, 0.4) is 0 Å². The van der Waals surface area contributed by atoms with Gasteiger partial charge < -0.3 is 14.3 Å². The van der Waals surface area contributed by atoms with Gasteiger partial charge in [0.2, 0.25) is 0 Å². The molecular weight excluding hydrogens is 322 g/mol. The first kappa shape index (κ1) is 16.8. The maximum Gasteiger partial charge on any atom is 0.282 e. The SMILES string of the molecule is CCOc1ccc(/C=C2\C(=N)N3OC(C)=CC3=NC2=O)cc1OCC. The summed E-state index contributed by atoms with van der Waals surface area (Å²) in [6.07, 6.45) is 3.22. The maximum absolute atomic E-state index is 12.3. The summed E-state index contributed by atoms with van der Waals surface area (Å²) in [6, 6.07) is 5.36. The third-order valence-electron chi connectivity index (χ3n) is 3.56. The number of nitrogens with one attached hydrogen (secondary N) is 1. The summed E-state index contributed by atoms with van der Waals surface area (Å²) in [6.45, 7) is 6.55. The minimum Gasteiger partial charge on any atom is -0.490 e. The molecule has 25 heavy (non-hydrogen) atoms. The summed E-state index contributed by atoms with van der Waals surface area (Å²) in [5.74, 6) is 1.61. The first-order valence-corrected chi connectivity index (χ1v) is 8.03. The first-order chi connectivity index (χ1) is 12.0. The normalized spacial score (nSPS) is 17.9. The van der Waals surface area contributed by atoms with Gasteiger partial charge in [-0.1, -0.05) is 6.07 Å². The number of aliphatic imine (C=N–C) groups is 1. The Morgan fingerprint density at radius 3 is 2.68 bits per heavy atom. The van der Waals surface area contributed by atoms with E-state index in [2.05, 4.69) is 4.99 Å². The Morgan fingerprint density at radius 2 is 1.96 bits per heavy atom. The second kappa shape index (κ2) is 6.80. The zero-order valence-electron chi connectivity index (χ0n) is 14.3. The van der Waals surface area contributed by atoms with Crippen LogP contribution in [-0.2, 0) is 9.63 Å². The molecule has 0 radical (unpaired) electrons. The molecular formula is C18H19N3O4. The topological polar surface area (TPSA) is 84.2 Å². The fourth-order valence-corrected chi connectivity index (χ4v) is 2.52. The molecule has 0 atom stereocenters. The number of nitrogens with zero attached hydrogens (tertiary/aromatic N) is 2. The zero-order valence-corrected chi connectivity index (χ0v) is 14.3. The van der Waals surface area contributed by atoms with Gasteiger partial charge in [0, 0.05) is 6.08 Å². The highest BCUT2D eigenvalue weighted by molar-refractivity contribution is 6.32. The summed E-state index contributed by atoms with van der Waals surface area (Å²) in [5, 5.41) is 9.46. The van der Waals surface area contributed by atoms with Crippen molar-refractivity contribution in [3.05, 3.63) is 41.2 Å². The monoisotopic (exact) mass is 341 g/mol. The van der Waals surface area contributed by atoms with E-state index in [0.717, 1.165) is 0 Å². The molecule has 0 saturated heterocycles. The largest absolute Gasteiger partial charge is 0.490 e. The molecule has 2 heterocycles. The first-order valence-electron chi connectivity index (χ1n) is 8.03. The second-order valence-electron chi connectivity index (χ2n) is 5.39. The molecule has 7 nitrogen and oxygen atoms in total. The van der Waals surface area contributed by atoms with Gasteiger partial charge in [-0.05, 0) is 44.5 Å². The molecule has 1 N–H and O–H groups in total. The molecule has 0 aliphatic carbocycles. The predicted octanol–water partition coefficient (Wildman–Crippen LogP) is 2.93. The summed E-state index contributed by atoms with van der Waals surface area (Å²) in [7, 11) is 0. The van der Waals surface area contributed by atoms with E-state index >= 15 is 0 Å². The molecule has 7 heteroatoms. The molecule has 0 bridgehead atoms. The molecule has 0 spiro atoms. The maximum atomic E-state index is 12.3. The molecule has 0 unspecified atom stereocenters. The smallest absolute Gasteiger partial charge is 0.282 e. The highest BCUT2D eigenvalue weighted by Crippen LogP contribution is 2.30. The van der Waals surface area contributed by atoms with Crippen molar-refractivity contribution in [3.8, 4) is 11.5 Å². The lowest BCUT2D eigenvalue weighted by molar-refractivity contribution is -0.114. The van der Waals surface area contributed by atoms with Gasteiger partial charge in [0.25, 0.3) is 5.91 Å². The second-order valence-corrected chi connectivity index (χ2v) is 5.39. The van der Waals surface area contributed by atoms with Crippen LogP contribution in [0.1, 0.15) is 26.3 Å². The van der Waals surface area contributed by atoms with Crippen molar-refractivity contribution in [3.63, 3.8) is 0 Å². The van der Waals surface area contributed by atoms with E-state index in [4.69, 9.17) is 19.7 Å². The number of hydrogen-bond donors (Lipinski definition) is 1. The van der Waals surface area contributed by atoms with Crippen LogP contribution < -0.4 is 9.47 Å². The zero-order chi connectivity index (χ0) is 18.0. The Balaban J connectivity index is 1.94. The van der Waals surface area contributed by atoms with Crippen LogP contribution in [0.5, 0.6) is 11.5 Å². The van der Waals surface area contributed by atoms with Crippen LogP contribution in [0.2, 0.25) is 0 Å². The number of allylic oxidation sites excluding steroid dienone is 1. The number of carbonyl (C=O) groups excluding carboxylic acids is 1. The van der Waals surface area contributed by atoms with E-state index in [-0.39, 0.29) is 11.4 Å². The van der Waals surface area contributed by atoms with E-state index in [0.29, 0.717) is 41.9 Å². The van der Waals surface area contributed by atoms with Gasteiger partial charge in [-0.3, -0.25) is 10.2 Å². The van der Waals surface area contributed by atoms with Gasteiger partial charge in [-0.2, -0.15) is 4.99 Å². The van der Waals surface area contributed by atoms with Gasteiger partial charge in [0.1, 0.15) is 5.76 Å². The number of carbonyl (C=O) groups is 1. The highest BCUT2D eigenvalue weighted by Gasteiger charge is 2.34. The van der Waals surface area contributed by atoms with Gasteiger partial charge in [0.05, 0.1) is 18.8 Å². The van der Waals surface area contributed by atoms with Crippen LogP contribution in [-0.4, -0.2) is 35.9 Å². The Morgan fingerprint density at radius 1 is 1.24 bits per heavy atom. The minimum absolute atomic E-state index is 0.0463. The Labute approximate surface area is 145 Å². The third-order valence-corrected chi connectivity index (χ3v) is 3.56. The molecule has 1 aromatic carbocycles. The summed E-state index contributed by atoms with van der Waals surface area (Å²) in [5.41, 5.74) is 0.862. The van der Waals surface area contributed by atoms with Crippen LogP contribution in [0, 0.1) is 5.41 Å². The third kappa shape index (κ3) is 3.26. The number of rotatable bonds is 5. The predicted molar refractivity (Wildman–Crippen MR) is 93.6 cm³/mol. The van der Waals surface area contributed by atoms with Gasteiger partial charge in [-0.15, -0.1) is 5.06 Å². The Hall–Kier alpha value is -3.09. The van der Waals surface area contributed by atoms with Crippen LogP contribution in [0.25, 0.3) is 6.08 Å². The number of ether oxygens (including phenoxy) is 2. The van der Waals surface area contributed by atoms with Crippen molar-refractivity contribution >= 4 is 23.7 Å². The molecule has 1 amide bonds. The number of fused-ring (bicyclic) bond motifs is 1. The van der Waals surface area contributed by atoms with Gasteiger partial charge in [-0.25, -0.2) is 0 Å². The van der Waals surface area contributed by atoms with Crippen LogP contribution >= 0.6 is 0 Å². The van der Waals surface area contributed by atoms with Crippen molar-refractivity contribution in [2.45, 2.75) is 20.8 Å². The average molecular weight is 341 g/mol. The van der Waals surface area contributed by atoms with Crippen LogP contribution in [0.15, 0.2) is 40.6 Å². The van der Waals surface area contributed by atoms with Crippen molar-refractivity contribution in [1.82, 2.24) is 5.06 Å². The standard InChI is InChI=1S/C18H19N3O4/c1-4-23-14-7-6-12(10-15(14)24-5-2)9-13-17(19)21-16(20-18(13)22)8-11(3)25-21/h6-10,19H,4-5H2,1-3H3/b13-9+,19-17?. The fraction of sp³-hybridized carbons (Fsp3) is 0.278. The highest BCUT2D eigenvalue weighted by atomic mass is 16.7. The number of amides is 1. The lowest BCUT2D eigenvalue weighted by Gasteiger charge is -2.23. The van der Waals surface area contributed by atoms with E-state index in [9.17, 15) is 4.79 Å². The van der Waals surface area contributed by atoms with Crippen molar-refractivity contribution in [1.29, 1.82) is 5.41 Å². The van der Waals surface area contributed by atoms with Crippen molar-refractivity contribution < 1.29 is 19.1 Å². The van der Waals surface area contributed by atoms with Gasteiger partial charge >= 0.3 is 0 Å². The van der Waals surface area contributed by atoms with Crippen molar-refractivity contribution in [2.75, 3.05) is 13.2 Å². The molecule has 130 valence electrons. The summed E-state index contributed by atoms with van der Waals surface area (Å²) >= 11 is 0.